The van der Waals surface area contributed by atoms with Crippen LogP contribution in [0, 0.1) is 11.8 Å². The number of amides is 1. The summed E-state index contributed by atoms with van der Waals surface area (Å²) >= 11 is 0. The first-order valence-electron chi connectivity index (χ1n) is 9.43. The number of Topliss-reactive ketones (excluding diaryl/α,β-unsaturated/α-hetero) is 1. The number of fused-ring (bicyclic) bond motifs is 1. The third kappa shape index (κ3) is 4.02. The van der Waals surface area contributed by atoms with Gasteiger partial charge in [-0.25, -0.2) is 4.79 Å². The molecule has 0 aromatic heterocycles. The zero-order valence-electron chi connectivity index (χ0n) is 15.7. The number of nitrogens with zero attached hydrogens (tertiary/aromatic N) is 1. The number of ketones is 1. The molecule has 1 aliphatic rings. The summed E-state index contributed by atoms with van der Waals surface area (Å²) < 4.78 is 0. The minimum absolute atomic E-state index is 0.0445. The summed E-state index contributed by atoms with van der Waals surface area (Å²) in [5, 5.41) is 11.4. The van der Waals surface area contributed by atoms with E-state index in [0.717, 1.165) is 10.8 Å². The van der Waals surface area contributed by atoms with Gasteiger partial charge in [0.15, 0.2) is 5.78 Å². The highest BCUT2D eigenvalue weighted by Gasteiger charge is 2.38. The fourth-order valence-corrected chi connectivity index (χ4v) is 3.79. The van der Waals surface area contributed by atoms with Gasteiger partial charge in [0.2, 0.25) is 5.91 Å². The number of carbonyl (C=O) groups is 3. The van der Waals surface area contributed by atoms with Crippen LogP contribution in [0.4, 0.5) is 0 Å². The summed E-state index contributed by atoms with van der Waals surface area (Å²) in [5.74, 6) is -1.83. The van der Waals surface area contributed by atoms with Gasteiger partial charge in [-0.2, -0.15) is 0 Å². The first kappa shape index (κ1) is 19.1. The van der Waals surface area contributed by atoms with E-state index in [4.69, 9.17) is 0 Å². The molecule has 1 fully saturated rings. The highest BCUT2D eigenvalue weighted by Crippen LogP contribution is 2.27. The van der Waals surface area contributed by atoms with E-state index in [9.17, 15) is 19.5 Å². The van der Waals surface area contributed by atoms with E-state index in [1.54, 1.807) is 6.07 Å². The van der Waals surface area contributed by atoms with Crippen LogP contribution in [-0.4, -0.2) is 40.3 Å². The normalized spacial score (nSPS) is 18.0. The topological polar surface area (TPSA) is 74.7 Å². The van der Waals surface area contributed by atoms with Crippen LogP contribution in [0.15, 0.2) is 42.5 Å². The molecule has 1 heterocycles. The quantitative estimate of drug-likeness (QED) is 0.789. The van der Waals surface area contributed by atoms with Crippen LogP contribution in [0.2, 0.25) is 0 Å². The molecule has 0 spiro atoms. The smallest absolute Gasteiger partial charge is 0.326 e. The largest absolute Gasteiger partial charge is 0.480 e. The Morgan fingerprint density at radius 3 is 2.48 bits per heavy atom. The van der Waals surface area contributed by atoms with Crippen molar-refractivity contribution in [2.24, 2.45) is 11.8 Å². The number of rotatable bonds is 6. The first-order chi connectivity index (χ1) is 12.9. The molecule has 5 nitrogen and oxygen atoms in total. The Morgan fingerprint density at radius 2 is 1.81 bits per heavy atom. The predicted octanol–water partition coefficient (Wildman–Crippen LogP) is 3.76. The van der Waals surface area contributed by atoms with Gasteiger partial charge < -0.3 is 10.0 Å². The first-order valence-corrected chi connectivity index (χ1v) is 9.43. The Balaban J connectivity index is 1.79. The number of carboxylic acids is 1. The van der Waals surface area contributed by atoms with E-state index >= 15 is 0 Å². The van der Waals surface area contributed by atoms with Crippen molar-refractivity contribution in [3.63, 3.8) is 0 Å². The monoisotopic (exact) mass is 367 g/mol. The van der Waals surface area contributed by atoms with Crippen molar-refractivity contribution < 1.29 is 19.5 Å². The lowest BCUT2D eigenvalue weighted by Crippen LogP contribution is -2.45. The molecule has 0 aliphatic carbocycles. The Bertz CT molecular complexity index is 873. The minimum atomic E-state index is -0.968. The predicted molar refractivity (Wildman–Crippen MR) is 104 cm³/mol. The average Bonchev–Trinajstić information content (AvgIpc) is 3.15. The summed E-state index contributed by atoms with van der Waals surface area (Å²) in [7, 11) is 0. The van der Waals surface area contributed by atoms with E-state index in [0.29, 0.717) is 24.9 Å². The van der Waals surface area contributed by atoms with Crippen LogP contribution in [0.1, 0.15) is 43.5 Å². The summed E-state index contributed by atoms with van der Waals surface area (Å²) in [6.07, 6.45) is 1.26. The standard InChI is InChI=1S/C22H25NO4/c1-14(2)18(21(25)23-11-5-8-19(23)22(26)27)13-20(24)17-10-9-15-6-3-4-7-16(15)12-17/h3-4,6-7,9-10,12,14,18-19H,5,8,11,13H2,1-2H3,(H,26,27)/t18-,19-/m0/s1. The van der Waals surface area contributed by atoms with Gasteiger partial charge in [-0.15, -0.1) is 0 Å². The number of aliphatic carboxylic acids is 1. The molecule has 0 bridgehead atoms. The van der Waals surface area contributed by atoms with Gasteiger partial charge in [0.25, 0.3) is 0 Å². The third-order valence-corrected chi connectivity index (χ3v) is 5.42. The van der Waals surface area contributed by atoms with Crippen molar-refractivity contribution in [1.82, 2.24) is 4.90 Å². The van der Waals surface area contributed by atoms with Crippen LogP contribution < -0.4 is 0 Å². The minimum Gasteiger partial charge on any atom is -0.480 e. The lowest BCUT2D eigenvalue weighted by molar-refractivity contribution is -0.150. The molecule has 3 rings (SSSR count). The lowest BCUT2D eigenvalue weighted by Gasteiger charge is -2.28. The summed E-state index contributed by atoms with van der Waals surface area (Å²) in [6, 6.07) is 12.6. The highest BCUT2D eigenvalue weighted by atomic mass is 16.4. The number of carbonyl (C=O) groups excluding carboxylic acids is 2. The van der Waals surface area contributed by atoms with E-state index in [2.05, 4.69) is 0 Å². The van der Waals surface area contributed by atoms with Crippen molar-refractivity contribution in [1.29, 1.82) is 0 Å². The highest BCUT2D eigenvalue weighted by molar-refractivity contribution is 6.02. The Hall–Kier alpha value is -2.69. The van der Waals surface area contributed by atoms with Gasteiger partial charge in [-0.1, -0.05) is 50.2 Å². The van der Waals surface area contributed by atoms with E-state index < -0.39 is 17.9 Å². The summed E-state index contributed by atoms with van der Waals surface area (Å²) in [5.41, 5.74) is 0.586. The molecule has 0 radical (unpaired) electrons. The zero-order chi connectivity index (χ0) is 19.6. The second-order valence-electron chi connectivity index (χ2n) is 7.57. The molecule has 2 atom stereocenters. The molecular formula is C22H25NO4. The van der Waals surface area contributed by atoms with E-state index in [1.165, 1.54) is 4.90 Å². The van der Waals surface area contributed by atoms with Crippen LogP contribution in [0.3, 0.4) is 0 Å². The Labute approximate surface area is 159 Å². The maximum absolute atomic E-state index is 13.0. The second-order valence-corrected chi connectivity index (χ2v) is 7.57. The van der Waals surface area contributed by atoms with Crippen molar-refractivity contribution in [2.45, 2.75) is 39.2 Å². The van der Waals surface area contributed by atoms with Crippen molar-refractivity contribution in [3.8, 4) is 0 Å². The maximum atomic E-state index is 13.0. The van der Waals surface area contributed by atoms with E-state index in [-0.39, 0.29) is 24.0 Å². The van der Waals surface area contributed by atoms with Gasteiger partial charge in [-0.05, 0) is 35.6 Å². The molecule has 1 amide bonds. The van der Waals surface area contributed by atoms with Crippen LogP contribution in [0.5, 0.6) is 0 Å². The summed E-state index contributed by atoms with van der Waals surface area (Å²) in [6.45, 7) is 4.26. The molecule has 1 N–H and O–H groups in total. The zero-order valence-corrected chi connectivity index (χ0v) is 15.7. The molecule has 1 aliphatic heterocycles. The van der Waals surface area contributed by atoms with Gasteiger partial charge in [0.05, 0.1) is 0 Å². The van der Waals surface area contributed by atoms with Gasteiger partial charge >= 0.3 is 5.97 Å². The maximum Gasteiger partial charge on any atom is 0.326 e. The SMILES string of the molecule is CC(C)[C@H](CC(=O)c1ccc2ccccc2c1)C(=O)N1CCC[C@H]1C(=O)O. The van der Waals surface area contributed by atoms with Gasteiger partial charge in [0.1, 0.15) is 6.04 Å². The fourth-order valence-electron chi connectivity index (χ4n) is 3.79. The van der Waals surface area contributed by atoms with Crippen LogP contribution in [0.25, 0.3) is 10.8 Å². The van der Waals surface area contributed by atoms with Crippen molar-refractivity contribution >= 4 is 28.4 Å². The molecule has 2 aromatic rings. The fraction of sp³-hybridized carbons (Fsp3) is 0.409. The van der Waals surface area contributed by atoms with Gasteiger partial charge in [-0.3, -0.25) is 9.59 Å². The number of hydrogen-bond donors (Lipinski definition) is 1. The molecule has 0 saturated carbocycles. The van der Waals surface area contributed by atoms with Crippen molar-refractivity contribution in [2.75, 3.05) is 6.54 Å². The number of hydrogen-bond acceptors (Lipinski definition) is 3. The molecule has 0 unspecified atom stereocenters. The Morgan fingerprint density at radius 1 is 1.11 bits per heavy atom. The molecular weight excluding hydrogens is 342 g/mol. The Kier molecular flexibility index (Phi) is 5.59. The molecule has 5 heteroatoms. The molecule has 1 saturated heterocycles. The molecule has 2 aromatic carbocycles. The molecule has 142 valence electrons. The van der Waals surface area contributed by atoms with Crippen LogP contribution >= 0.6 is 0 Å². The van der Waals surface area contributed by atoms with E-state index in [1.807, 2.05) is 50.2 Å². The third-order valence-electron chi connectivity index (χ3n) is 5.42. The number of carboxylic acid groups (broad SMARTS) is 1. The average molecular weight is 367 g/mol. The van der Waals surface area contributed by atoms with Gasteiger partial charge in [0, 0.05) is 24.4 Å². The second kappa shape index (κ2) is 7.91. The van der Waals surface area contributed by atoms with Crippen molar-refractivity contribution in [3.05, 3.63) is 48.0 Å². The summed E-state index contributed by atoms with van der Waals surface area (Å²) in [4.78, 5) is 38.7. The number of benzene rings is 2. The number of likely N-dealkylation sites (tertiary alicyclic amines) is 1. The van der Waals surface area contributed by atoms with Crippen LogP contribution in [-0.2, 0) is 9.59 Å². The molecule has 27 heavy (non-hydrogen) atoms. The lowest BCUT2D eigenvalue weighted by atomic mass is 9.87.